The predicted octanol–water partition coefficient (Wildman–Crippen LogP) is 0.471. The van der Waals surface area contributed by atoms with E-state index < -0.39 is 10.8 Å². The van der Waals surface area contributed by atoms with Gasteiger partial charge < -0.3 is 9.88 Å². The van der Waals surface area contributed by atoms with Crippen LogP contribution >= 0.6 is 0 Å². The molecule has 0 radical (unpaired) electrons. The van der Waals surface area contributed by atoms with Gasteiger partial charge in [0.15, 0.2) is 0 Å². The zero-order valence-electron chi connectivity index (χ0n) is 10.5. The fourth-order valence-electron chi connectivity index (χ4n) is 2.18. The Balaban J connectivity index is 1.91. The average molecular weight is 256 g/mol. The minimum atomic E-state index is -0.751. The lowest BCUT2D eigenvalue weighted by Crippen LogP contribution is -2.31. The summed E-state index contributed by atoms with van der Waals surface area (Å²) in [6.07, 6.45) is 5.21. The third-order valence-corrected chi connectivity index (χ3v) is 4.00. The van der Waals surface area contributed by atoms with Crippen molar-refractivity contribution >= 4 is 10.8 Å². The molecule has 1 aliphatic heterocycles. The molecule has 5 nitrogen and oxygen atoms in total. The standard InChI is InChI=1S/C11H20N4OS/c1-9(8-17(2)16)12-7-11-14-13-10-5-3-4-6-15(10)11/h9,12H,3-8H2,1-2H3. The molecule has 2 atom stereocenters. The Hall–Kier alpha value is -0.750. The average Bonchev–Trinajstić information content (AvgIpc) is 2.69. The van der Waals surface area contributed by atoms with Crippen LogP contribution < -0.4 is 5.32 Å². The van der Waals surface area contributed by atoms with Gasteiger partial charge in [0.05, 0.1) is 6.54 Å². The van der Waals surface area contributed by atoms with Gasteiger partial charge in [0.2, 0.25) is 0 Å². The molecule has 2 heterocycles. The van der Waals surface area contributed by atoms with Gasteiger partial charge in [-0.1, -0.05) is 0 Å². The van der Waals surface area contributed by atoms with Gasteiger partial charge in [0, 0.05) is 41.8 Å². The second-order valence-electron chi connectivity index (χ2n) is 4.66. The first kappa shape index (κ1) is 12.7. The number of aromatic nitrogens is 3. The molecule has 0 saturated heterocycles. The van der Waals surface area contributed by atoms with Crippen LogP contribution in [0.15, 0.2) is 0 Å². The predicted molar refractivity (Wildman–Crippen MR) is 68.2 cm³/mol. The highest BCUT2D eigenvalue weighted by Crippen LogP contribution is 2.13. The van der Waals surface area contributed by atoms with Gasteiger partial charge in [-0.05, 0) is 19.8 Å². The Kier molecular flexibility index (Phi) is 4.28. The fraction of sp³-hybridized carbons (Fsp3) is 0.818. The molecule has 0 fully saturated rings. The van der Waals surface area contributed by atoms with Crippen LogP contribution in [0.25, 0.3) is 0 Å². The molecule has 0 saturated carbocycles. The summed E-state index contributed by atoms with van der Waals surface area (Å²) in [7, 11) is -0.751. The van der Waals surface area contributed by atoms with E-state index in [9.17, 15) is 4.21 Å². The molecular formula is C11H20N4OS. The third-order valence-electron chi connectivity index (χ3n) is 3.03. The summed E-state index contributed by atoms with van der Waals surface area (Å²) in [5, 5.41) is 11.8. The highest BCUT2D eigenvalue weighted by atomic mass is 32.2. The summed E-state index contributed by atoms with van der Waals surface area (Å²) >= 11 is 0. The lowest BCUT2D eigenvalue weighted by Gasteiger charge is -2.16. The first-order valence-electron chi connectivity index (χ1n) is 6.11. The van der Waals surface area contributed by atoms with Gasteiger partial charge in [-0.15, -0.1) is 10.2 Å². The number of hydrogen-bond donors (Lipinski definition) is 1. The number of nitrogens with zero attached hydrogens (tertiary/aromatic N) is 3. The Morgan fingerprint density at radius 3 is 3.06 bits per heavy atom. The second kappa shape index (κ2) is 5.73. The van der Waals surface area contributed by atoms with Crippen molar-refractivity contribution in [1.82, 2.24) is 20.1 Å². The zero-order valence-corrected chi connectivity index (χ0v) is 11.3. The normalized spacial score (nSPS) is 18.7. The molecule has 0 amide bonds. The minimum Gasteiger partial charge on any atom is -0.314 e. The Morgan fingerprint density at radius 2 is 2.29 bits per heavy atom. The van der Waals surface area contributed by atoms with Crippen LogP contribution in [-0.2, 0) is 30.3 Å². The second-order valence-corrected chi connectivity index (χ2v) is 6.14. The van der Waals surface area contributed by atoms with E-state index >= 15 is 0 Å². The van der Waals surface area contributed by atoms with Gasteiger partial charge in [-0.2, -0.15) is 0 Å². The molecule has 1 N–H and O–H groups in total. The lowest BCUT2D eigenvalue weighted by molar-refractivity contribution is 0.487. The SMILES string of the molecule is CC(CS(C)=O)NCc1nnc2n1CCCC2. The quantitative estimate of drug-likeness (QED) is 0.832. The van der Waals surface area contributed by atoms with Gasteiger partial charge >= 0.3 is 0 Å². The Bertz CT molecular complexity index is 404. The molecule has 0 spiro atoms. The maximum atomic E-state index is 11.1. The van der Waals surface area contributed by atoms with E-state index in [-0.39, 0.29) is 6.04 Å². The number of rotatable bonds is 5. The highest BCUT2D eigenvalue weighted by Gasteiger charge is 2.15. The summed E-state index contributed by atoms with van der Waals surface area (Å²) in [6, 6.07) is 0.248. The summed E-state index contributed by atoms with van der Waals surface area (Å²) in [6.45, 7) is 3.80. The van der Waals surface area contributed by atoms with Crippen LogP contribution in [0.1, 0.15) is 31.4 Å². The smallest absolute Gasteiger partial charge is 0.147 e. The van der Waals surface area contributed by atoms with Crippen molar-refractivity contribution in [3.63, 3.8) is 0 Å². The van der Waals surface area contributed by atoms with Crippen molar-refractivity contribution in [2.75, 3.05) is 12.0 Å². The largest absolute Gasteiger partial charge is 0.314 e. The van der Waals surface area contributed by atoms with Crippen molar-refractivity contribution in [3.05, 3.63) is 11.6 Å². The van der Waals surface area contributed by atoms with E-state index in [1.165, 1.54) is 12.8 Å². The topological polar surface area (TPSA) is 59.8 Å². The maximum Gasteiger partial charge on any atom is 0.147 e. The van der Waals surface area contributed by atoms with Crippen LogP contribution in [0.3, 0.4) is 0 Å². The number of nitrogens with one attached hydrogen (secondary N) is 1. The number of fused-ring (bicyclic) bond motifs is 1. The molecular weight excluding hydrogens is 236 g/mol. The number of hydrogen-bond acceptors (Lipinski definition) is 4. The molecule has 6 heteroatoms. The monoisotopic (exact) mass is 256 g/mol. The van der Waals surface area contributed by atoms with Crippen LogP contribution in [0, 0.1) is 0 Å². The van der Waals surface area contributed by atoms with Crippen molar-refractivity contribution in [3.8, 4) is 0 Å². The maximum absolute atomic E-state index is 11.1. The number of aryl methyl sites for hydroxylation is 1. The van der Waals surface area contributed by atoms with Crippen LogP contribution in [0.4, 0.5) is 0 Å². The van der Waals surface area contributed by atoms with Crippen LogP contribution in [0.2, 0.25) is 0 Å². The van der Waals surface area contributed by atoms with Gasteiger partial charge in [-0.3, -0.25) is 4.21 Å². The molecule has 96 valence electrons. The third kappa shape index (κ3) is 3.35. The van der Waals surface area contributed by atoms with E-state index in [4.69, 9.17) is 0 Å². The molecule has 2 unspecified atom stereocenters. The molecule has 0 bridgehead atoms. The van der Waals surface area contributed by atoms with E-state index in [2.05, 4.69) is 27.0 Å². The van der Waals surface area contributed by atoms with Crippen molar-refractivity contribution in [1.29, 1.82) is 0 Å². The molecule has 1 aromatic heterocycles. The van der Waals surface area contributed by atoms with Crippen molar-refractivity contribution in [2.45, 2.75) is 45.3 Å². The fourth-order valence-corrected chi connectivity index (χ4v) is 3.00. The molecule has 0 aromatic carbocycles. The van der Waals surface area contributed by atoms with E-state index in [1.807, 2.05) is 0 Å². The summed E-state index contributed by atoms with van der Waals surface area (Å²) in [5.74, 6) is 2.80. The highest BCUT2D eigenvalue weighted by molar-refractivity contribution is 7.84. The molecule has 17 heavy (non-hydrogen) atoms. The minimum absolute atomic E-state index is 0.248. The van der Waals surface area contributed by atoms with Gasteiger partial charge in [0.1, 0.15) is 11.6 Å². The summed E-state index contributed by atoms with van der Waals surface area (Å²) in [4.78, 5) is 0. The molecule has 2 rings (SSSR count). The van der Waals surface area contributed by atoms with Crippen LogP contribution in [0.5, 0.6) is 0 Å². The van der Waals surface area contributed by atoms with Gasteiger partial charge in [0.25, 0.3) is 0 Å². The first-order valence-corrected chi connectivity index (χ1v) is 7.84. The lowest BCUT2D eigenvalue weighted by atomic mass is 10.2. The van der Waals surface area contributed by atoms with Gasteiger partial charge in [-0.25, -0.2) is 0 Å². The van der Waals surface area contributed by atoms with Crippen molar-refractivity contribution in [2.24, 2.45) is 0 Å². The molecule has 0 aliphatic carbocycles. The van der Waals surface area contributed by atoms with E-state index in [0.29, 0.717) is 12.3 Å². The van der Waals surface area contributed by atoms with E-state index in [1.54, 1.807) is 6.26 Å². The van der Waals surface area contributed by atoms with Crippen molar-refractivity contribution < 1.29 is 4.21 Å². The Morgan fingerprint density at radius 1 is 1.47 bits per heavy atom. The summed E-state index contributed by atoms with van der Waals surface area (Å²) in [5.41, 5.74) is 0. The van der Waals surface area contributed by atoms with Crippen LogP contribution in [-0.4, -0.2) is 37.0 Å². The first-order chi connectivity index (χ1) is 8.16. The Labute approximate surface area is 104 Å². The molecule has 1 aromatic rings. The summed E-state index contributed by atoms with van der Waals surface area (Å²) < 4.78 is 13.3. The zero-order chi connectivity index (χ0) is 12.3. The van der Waals surface area contributed by atoms with E-state index in [0.717, 1.165) is 24.6 Å². The molecule has 1 aliphatic rings.